The van der Waals surface area contributed by atoms with E-state index in [1.54, 1.807) is 0 Å². The number of benzene rings is 1. The van der Waals surface area contributed by atoms with E-state index in [0.29, 0.717) is 6.04 Å². The SMILES string of the molecule is S=C1N[C@H](c2ccccn2)[C@@H](c2cccn2C2CCCCC2)N1CCCNc1ccccc1. The molecule has 6 heteroatoms. The summed E-state index contributed by atoms with van der Waals surface area (Å²) < 4.78 is 2.53. The van der Waals surface area contributed by atoms with Crippen molar-refractivity contribution < 1.29 is 0 Å². The molecule has 2 N–H and O–H groups in total. The molecule has 0 bridgehead atoms. The molecule has 0 spiro atoms. The fourth-order valence-corrected chi connectivity index (χ4v) is 5.69. The predicted octanol–water partition coefficient (Wildman–Crippen LogP) is 5.86. The van der Waals surface area contributed by atoms with Crippen LogP contribution in [0.4, 0.5) is 5.69 Å². The number of pyridine rings is 1. The topological polar surface area (TPSA) is 45.1 Å². The van der Waals surface area contributed by atoms with Crippen LogP contribution < -0.4 is 10.6 Å². The second-order valence-electron chi connectivity index (χ2n) is 9.10. The van der Waals surface area contributed by atoms with E-state index in [1.807, 2.05) is 18.3 Å². The molecule has 1 aliphatic heterocycles. The number of nitrogens with zero attached hydrogens (tertiary/aromatic N) is 3. The van der Waals surface area contributed by atoms with Gasteiger partial charge in [0.15, 0.2) is 5.11 Å². The van der Waals surface area contributed by atoms with Crippen LogP contribution in [0.3, 0.4) is 0 Å². The molecular formula is C27H33N5S. The highest BCUT2D eigenvalue weighted by Gasteiger charge is 2.41. The highest BCUT2D eigenvalue weighted by Crippen LogP contribution is 2.41. The summed E-state index contributed by atoms with van der Waals surface area (Å²) in [5, 5.41) is 7.97. The van der Waals surface area contributed by atoms with Gasteiger partial charge in [0.2, 0.25) is 0 Å². The van der Waals surface area contributed by atoms with Crippen LogP contribution in [-0.4, -0.2) is 32.7 Å². The minimum Gasteiger partial charge on any atom is -0.385 e. The first-order valence-corrected chi connectivity index (χ1v) is 12.7. The molecule has 172 valence electrons. The minimum atomic E-state index is 0.0537. The fraction of sp³-hybridized carbons (Fsp3) is 0.407. The molecule has 33 heavy (non-hydrogen) atoms. The lowest BCUT2D eigenvalue weighted by atomic mass is 9.94. The molecule has 1 aliphatic carbocycles. The van der Waals surface area contributed by atoms with Crippen LogP contribution in [0.1, 0.15) is 68.0 Å². The van der Waals surface area contributed by atoms with Gasteiger partial charge in [0.25, 0.3) is 0 Å². The van der Waals surface area contributed by atoms with Crippen LogP contribution in [0.25, 0.3) is 0 Å². The molecular weight excluding hydrogens is 426 g/mol. The van der Waals surface area contributed by atoms with Crippen LogP contribution in [0.2, 0.25) is 0 Å². The first-order valence-electron chi connectivity index (χ1n) is 12.2. The number of thiocarbonyl (C=S) groups is 1. The molecule has 2 aliphatic rings. The summed E-state index contributed by atoms with van der Waals surface area (Å²) in [6.07, 6.45) is 11.7. The lowest BCUT2D eigenvalue weighted by Crippen LogP contribution is -2.33. The minimum absolute atomic E-state index is 0.0537. The number of nitrogens with one attached hydrogen (secondary N) is 2. The van der Waals surface area contributed by atoms with Gasteiger partial charge in [0.1, 0.15) is 0 Å². The van der Waals surface area contributed by atoms with E-state index in [-0.39, 0.29) is 12.1 Å². The summed E-state index contributed by atoms with van der Waals surface area (Å²) in [5.74, 6) is 0. The molecule has 3 aromatic rings. The smallest absolute Gasteiger partial charge is 0.170 e. The largest absolute Gasteiger partial charge is 0.385 e. The Morgan fingerprint density at radius 1 is 0.970 bits per heavy atom. The van der Waals surface area contributed by atoms with E-state index < -0.39 is 0 Å². The third-order valence-corrected chi connectivity index (χ3v) is 7.31. The molecule has 5 rings (SSSR count). The van der Waals surface area contributed by atoms with Crippen molar-refractivity contribution in [2.75, 3.05) is 18.4 Å². The quantitative estimate of drug-likeness (QED) is 0.326. The number of aromatic nitrogens is 2. The van der Waals surface area contributed by atoms with Gasteiger partial charge in [-0.3, -0.25) is 4.98 Å². The normalized spacial score (nSPS) is 21.2. The Balaban J connectivity index is 1.37. The maximum atomic E-state index is 5.87. The molecule has 2 atom stereocenters. The summed E-state index contributed by atoms with van der Waals surface area (Å²) >= 11 is 5.87. The van der Waals surface area contributed by atoms with Gasteiger partial charge in [-0.05, 0) is 67.9 Å². The molecule has 0 radical (unpaired) electrons. The molecule has 2 aromatic heterocycles. The third-order valence-electron chi connectivity index (χ3n) is 6.96. The average Bonchev–Trinajstić information content (AvgIpc) is 3.48. The van der Waals surface area contributed by atoms with Crippen molar-refractivity contribution in [3.8, 4) is 0 Å². The van der Waals surface area contributed by atoms with Crippen molar-refractivity contribution >= 4 is 23.0 Å². The molecule has 2 fully saturated rings. The van der Waals surface area contributed by atoms with Gasteiger partial charge >= 0.3 is 0 Å². The summed E-state index contributed by atoms with van der Waals surface area (Å²) in [5.41, 5.74) is 3.56. The number of anilines is 1. The second kappa shape index (κ2) is 10.4. The van der Waals surface area contributed by atoms with Crippen LogP contribution in [0.5, 0.6) is 0 Å². The fourth-order valence-electron chi connectivity index (χ4n) is 5.36. The zero-order valence-electron chi connectivity index (χ0n) is 19.1. The van der Waals surface area contributed by atoms with Crippen molar-refractivity contribution in [3.63, 3.8) is 0 Å². The Labute approximate surface area is 202 Å². The average molecular weight is 460 g/mol. The Bertz CT molecular complexity index is 1030. The molecule has 1 saturated heterocycles. The second-order valence-corrected chi connectivity index (χ2v) is 9.49. The van der Waals surface area contributed by atoms with Gasteiger partial charge in [-0.15, -0.1) is 0 Å². The zero-order valence-corrected chi connectivity index (χ0v) is 19.9. The van der Waals surface area contributed by atoms with E-state index in [1.165, 1.54) is 37.8 Å². The standard InChI is InChI=1S/C27H33N5S/c33-27-30-25(23-15-7-8-17-29-23)26(24-16-9-19-31(24)22-13-5-2-6-14-22)32(27)20-10-18-28-21-11-3-1-4-12-21/h1,3-4,7-9,11-12,15-17,19,22,25-26,28H,2,5-6,10,13-14,18,20H2,(H,30,33)/t25-,26-/m1/s1. The maximum absolute atomic E-state index is 5.87. The lowest BCUT2D eigenvalue weighted by Gasteiger charge is -2.32. The molecule has 0 unspecified atom stereocenters. The lowest BCUT2D eigenvalue weighted by molar-refractivity contribution is 0.279. The highest BCUT2D eigenvalue weighted by atomic mass is 32.1. The first kappa shape index (κ1) is 22.0. The van der Waals surface area contributed by atoms with E-state index >= 15 is 0 Å². The summed E-state index contributed by atoms with van der Waals surface area (Å²) in [7, 11) is 0. The monoisotopic (exact) mass is 459 g/mol. The van der Waals surface area contributed by atoms with Crippen LogP contribution in [0, 0.1) is 0 Å². The number of para-hydroxylation sites is 1. The number of hydrogen-bond donors (Lipinski definition) is 2. The van der Waals surface area contributed by atoms with Gasteiger partial charge in [-0.1, -0.05) is 43.5 Å². The van der Waals surface area contributed by atoms with E-state index in [4.69, 9.17) is 17.2 Å². The predicted molar refractivity (Wildman–Crippen MR) is 138 cm³/mol. The van der Waals surface area contributed by atoms with Gasteiger partial charge in [0, 0.05) is 42.9 Å². The van der Waals surface area contributed by atoms with Gasteiger partial charge in [-0.2, -0.15) is 0 Å². The van der Waals surface area contributed by atoms with Crippen molar-refractivity contribution in [2.45, 2.75) is 56.7 Å². The van der Waals surface area contributed by atoms with Gasteiger partial charge in [0.05, 0.1) is 17.8 Å². The molecule has 1 saturated carbocycles. The van der Waals surface area contributed by atoms with Crippen molar-refractivity contribution in [2.24, 2.45) is 0 Å². The number of hydrogen-bond acceptors (Lipinski definition) is 3. The Kier molecular flexibility index (Phi) is 6.91. The van der Waals surface area contributed by atoms with Gasteiger partial charge in [-0.25, -0.2) is 0 Å². The maximum Gasteiger partial charge on any atom is 0.170 e. The zero-order chi connectivity index (χ0) is 22.5. The van der Waals surface area contributed by atoms with Crippen molar-refractivity contribution in [1.82, 2.24) is 19.8 Å². The molecule has 5 nitrogen and oxygen atoms in total. The Morgan fingerprint density at radius 2 is 1.79 bits per heavy atom. The van der Waals surface area contributed by atoms with E-state index in [9.17, 15) is 0 Å². The Hall–Kier alpha value is -2.86. The number of rotatable bonds is 8. The van der Waals surface area contributed by atoms with Gasteiger partial charge < -0.3 is 20.1 Å². The van der Waals surface area contributed by atoms with Crippen molar-refractivity contribution in [1.29, 1.82) is 0 Å². The summed E-state index contributed by atoms with van der Waals surface area (Å²) in [4.78, 5) is 7.08. The molecule has 0 amide bonds. The molecule has 3 heterocycles. The van der Waals surface area contributed by atoms with E-state index in [2.05, 4.69) is 74.8 Å². The van der Waals surface area contributed by atoms with Crippen LogP contribution >= 0.6 is 12.2 Å². The third kappa shape index (κ3) is 4.91. The first-order chi connectivity index (χ1) is 16.3. The molecule has 1 aromatic carbocycles. The summed E-state index contributed by atoms with van der Waals surface area (Å²) in [6, 6.07) is 21.8. The van der Waals surface area contributed by atoms with E-state index in [0.717, 1.165) is 36.0 Å². The summed E-state index contributed by atoms with van der Waals surface area (Å²) in [6.45, 7) is 1.81. The van der Waals surface area contributed by atoms with Crippen LogP contribution in [-0.2, 0) is 0 Å². The highest BCUT2D eigenvalue weighted by molar-refractivity contribution is 7.80. The Morgan fingerprint density at radius 3 is 2.58 bits per heavy atom. The van der Waals surface area contributed by atoms with Crippen molar-refractivity contribution in [3.05, 3.63) is 84.4 Å². The van der Waals surface area contributed by atoms with Crippen LogP contribution in [0.15, 0.2) is 73.1 Å².